The van der Waals surface area contributed by atoms with Crippen LogP contribution in [-0.2, 0) is 6.54 Å². The van der Waals surface area contributed by atoms with Gasteiger partial charge in [-0.15, -0.1) is 0 Å². The molecule has 1 amide bonds. The summed E-state index contributed by atoms with van der Waals surface area (Å²) < 4.78 is 7.20. The van der Waals surface area contributed by atoms with Gasteiger partial charge in [-0.2, -0.15) is 5.10 Å². The minimum atomic E-state index is -0.216. The Morgan fingerprint density at radius 3 is 2.63 bits per heavy atom. The van der Waals surface area contributed by atoms with Crippen LogP contribution in [0.2, 0.25) is 0 Å². The smallest absolute Gasteiger partial charge is 0.260 e. The maximum absolute atomic E-state index is 12.7. The standard InChI is InChI=1S/C23H26N4O3/c1-30-21-9-5-3-7-19(21)23(29)25-22-10-13-24-27(22)18-11-14-26(15-12-18)16-17-6-2-4-8-20(17)28/h2-10,13,18,28H,11-12,14-16H2,1H3,(H,25,29). The number of methoxy groups -OCH3 is 1. The Bertz CT molecular complexity index is 1010. The van der Waals surface area contributed by atoms with Gasteiger partial charge in [0.2, 0.25) is 0 Å². The van der Waals surface area contributed by atoms with Gasteiger partial charge in [0.15, 0.2) is 0 Å². The molecular weight excluding hydrogens is 380 g/mol. The van der Waals surface area contributed by atoms with E-state index in [2.05, 4.69) is 15.3 Å². The number of hydrogen-bond donors (Lipinski definition) is 2. The summed E-state index contributed by atoms with van der Waals surface area (Å²) in [5, 5.41) is 17.4. The zero-order valence-electron chi connectivity index (χ0n) is 17.0. The molecule has 3 aromatic rings. The highest BCUT2D eigenvalue weighted by Crippen LogP contribution is 2.28. The second-order valence-corrected chi connectivity index (χ2v) is 7.45. The maximum atomic E-state index is 12.7. The number of hydrogen-bond acceptors (Lipinski definition) is 5. The van der Waals surface area contributed by atoms with Crippen LogP contribution in [0.5, 0.6) is 11.5 Å². The second-order valence-electron chi connectivity index (χ2n) is 7.45. The van der Waals surface area contributed by atoms with Crippen molar-refractivity contribution in [2.24, 2.45) is 0 Å². The monoisotopic (exact) mass is 406 g/mol. The predicted octanol–water partition coefficient (Wildman–Crippen LogP) is 3.69. The lowest BCUT2D eigenvalue weighted by atomic mass is 10.0. The number of para-hydroxylation sites is 2. The van der Waals surface area contributed by atoms with Crippen molar-refractivity contribution in [2.75, 3.05) is 25.5 Å². The molecule has 2 aromatic carbocycles. The maximum Gasteiger partial charge on any atom is 0.260 e. The van der Waals surface area contributed by atoms with Crippen LogP contribution >= 0.6 is 0 Å². The number of anilines is 1. The second kappa shape index (κ2) is 9.00. The van der Waals surface area contributed by atoms with E-state index < -0.39 is 0 Å². The Balaban J connectivity index is 1.39. The first-order valence-corrected chi connectivity index (χ1v) is 10.1. The normalized spacial score (nSPS) is 15.1. The molecule has 1 saturated heterocycles. The third-order valence-corrected chi connectivity index (χ3v) is 5.55. The number of ether oxygens (including phenoxy) is 1. The highest BCUT2D eigenvalue weighted by molar-refractivity contribution is 6.05. The lowest BCUT2D eigenvalue weighted by molar-refractivity contribution is 0.102. The van der Waals surface area contributed by atoms with E-state index in [0.29, 0.717) is 22.9 Å². The molecule has 1 fully saturated rings. The number of piperidine rings is 1. The van der Waals surface area contributed by atoms with Gasteiger partial charge >= 0.3 is 0 Å². The van der Waals surface area contributed by atoms with E-state index in [-0.39, 0.29) is 11.9 Å². The van der Waals surface area contributed by atoms with E-state index in [4.69, 9.17) is 4.74 Å². The van der Waals surface area contributed by atoms with Crippen LogP contribution in [0, 0.1) is 0 Å². The van der Waals surface area contributed by atoms with Crippen molar-refractivity contribution in [3.63, 3.8) is 0 Å². The molecule has 156 valence electrons. The molecule has 4 rings (SSSR count). The summed E-state index contributed by atoms with van der Waals surface area (Å²) in [5.74, 6) is 1.35. The SMILES string of the molecule is COc1ccccc1C(=O)Nc1ccnn1C1CCN(Cc2ccccc2O)CC1. The molecule has 0 aliphatic carbocycles. The minimum absolute atomic E-state index is 0.216. The molecular formula is C23H26N4O3. The average molecular weight is 406 g/mol. The summed E-state index contributed by atoms with van der Waals surface area (Å²) in [6.07, 6.45) is 3.56. The van der Waals surface area contributed by atoms with Crippen molar-refractivity contribution >= 4 is 11.7 Å². The fraction of sp³-hybridized carbons (Fsp3) is 0.304. The molecule has 1 aromatic heterocycles. The largest absolute Gasteiger partial charge is 0.508 e. The fourth-order valence-electron chi connectivity index (χ4n) is 3.93. The van der Waals surface area contributed by atoms with Crippen LogP contribution < -0.4 is 10.1 Å². The van der Waals surface area contributed by atoms with Crippen LogP contribution in [-0.4, -0.2) is 45.9 Å². The zero-order valence-corrected chi connectivity index (χ0v) is 17.0. The molecule has 0 bridgehead atoms. The van der Waals surface area contributed by atoms with Gasteiger partial charge in [0.25, 0.3) is 5.91 Å². The number of aromatic nitrogens is 2. The molecule has 2 N–H and O–H groups in total. The van der Waals surface area contributed by atoms with Gasteiger partial charge in [0.05, 0.1) is 24.9 Å². The van der Waals surface area contributed by atoms with Crippen LogP contribution in [0.1, 0.15) is 34.8 Å². The van der Waals surface area contributed by atoms with Crippen LogP contribution in [0.3, 0.4) is 0 Å². The van der Waals surface area contributed by atoms with Crippen molar-refractivity contribution in [3.8, 4) is 11.5 Å². The summed E-state index contributed by atoms with van der Waals surface area (Å²) in [6.45, 7) is 2.54. The number of carbonyl (C=O) groups excluding carboxylic acids is 1. The third kappa shape index (κ3) is 4.31. The highest BCUT2D eigenvalue weighted by Gasteiger charge is 2.24. The number of benzene rings is 2. The molecule has 30 heavy (non-hydrogen) atoms. The van der Waals surface area contributed by atoms with Gasteiger partial charge in [-0.25, -0.2) is 4.68 Å². The van der Waals surface area contributed by atoms with Gasteiger partial charge in [0, 0.05) is 31.3 Å². The van der Waals surface area contributed by atoms with E-state index in [9.17, 15) is 9.90 Å². The van der Waals surface area contributed by atoms with E-state index in [1.807, 2.05) is 41.1 Å². The Hall–Kier alpha value is -3.32. The summed E-state index contributed by atoms with van der Waals surface area (Å²) in [7, 11) is 1.55. The average Bonchev–Trinajstić information content (AvgIpc) is 3.24. The summed E-state index contributed by atoms with van der Waals surface area (Å²) in [4.78, 5) is 15.1. The third-order valence-electron chi connectivity index (χ3n) is 5.55. The number of nitrogens with zero attached hydrogens (tertiary/aromatic N) is 3. The topological polar surface area (TPSA) is 79.6 Å². The molecule has 1 aliphatic heterocycles. The van der Waals surface area contributed by atoms with E-state index in [0.717, 1.165) is 38.0 Å². The van der Waals surface area contributed by atoms with Gasteiger partial charge < -0.3 is 15.2 Å². The number of amides is 1. The number of carbonyl (C=O) groups is 1. The van der Waals surface area contributed by atoms with E-state index >= 15 is 0 Å². The van der Waals surface area contributed by atoms with E-state index in [1.54, 1.807) is 31.5 Å². The number of nitrogens with one attached hydrogen (secondary N) is 1. The molecule has 0 saturated carbocycles. The Kier molecular flexibility index (Phi) is 5.99. The molecule has 0 atom stereocenters. The lowest BCUT2D eigenvalue weighted by Gasteiger charge is -2.32. The Morgan fingerprint density at radius 2 is 1.87 bits per heavy atom. The summed E-state index contributed by atoms with van der Waals surface area (Å²) >= 11 is 0. The van der Waals surface area contributed by atoms with Crippen molar-refractivity contribution in [1.82, 2.24) is 14.7 Å². The molecule has 0 unspecified atom stereocenters. The first-order valence-electron chi connectivity index (χ1n) is 10.1. The first-order chi connectivity index (χ1) is 14.7. The number of phenols is 1. The molecule has 7 nitrogen and oxygen atoms in total. The van der Waals surface area contributed by atoms with Crippen molar-refractivity contribution in [2.45, 2.75) is 25.4 Å². The zero-order chi connectivity index (χ0) is 20.9. The number of rotatable bonds is 6. The van der Waals surface area contributed by atoms with Gasteiger partial charge in [0.1, 0.15) is 17.3 Å². The van der Waals surface area contributed by atoms with Crippen molar-refractivity contribution < 1.29 is 14.6 Å². The fourth-order valence-corrected chi connectivity index (χ4v) is 3.93. The summed E-state index contributed by atoms with van der Waals surface area (Å²) in [6, 6.07) is 16.7. The van der Waals surface area contributed by atoms with Crippen LogP contribution in [0.4, 0.5) is 5.82 Å². The van der Waals surface area contributed by atoms with Crippen molar-refractivity contribution in [1.29, 1.82) is 0 Å². The summed E-state index contributed by atoms with van der Waals surface area (Å²) in [5.41, 5.74) is 1.44. The highest BCUT2D eigenvalue weighted by atomic mass is 16.5. The first kappa shape index (κ1) is 20.0. The molecule has 7 heteroatoms. The minimum Gasteiger partial charge on any atom is -0.508 e. The number of aromatic hydroxyl groups is 1. The van der Waals surface area contributed by atoms with Gasteiger partial charge in [-0.05, 0) is 31.0 Å². The van der Waals surface area contributed by atoms with Gasteiger partial charge in [-0.3, -0.25) is 9.69 Å². The Morgan fingerprint density at radius 1 is 1.13 bits per heavy atom. The molecule has 0 spiro atoms. The van der Waals surface area contributed by atoms with Crippen molar-refractivity contribution in [3.05, 3.63) is 71.9 Å². The molecule has 1 aliphatic rings. The molecule has 2 heterocycles. The number of likely N-dealkylation sites (tertiary alicyclic amines) is 1. The number of phenolic OH excluding ortho intramolecular Hbond substituents is 1. The van der Waals surface area contributed by atoms with Crippen LogP contribution in [0.15, 0.2) is 60.8 Å². The Labute approximate surface area is 175 Å². The predicted molar refractivity (Wildman–Crippen MR) is 115 cm³/mol. The van der Waals surface area contributed by atoms with Crippen LogP contribution in [0.25, 0.3) is 0 Å². The van der Waals surface area contributed by atoms with E-state index in [1.165, 1.54) is 0 Å². The quantitative estimate of drug-likeness (QED) is 0.653. The van der Waals surface area contributed by atoms with Gasteiger partial charge in [-0.1, -0.05) is 30.3 Å². The lowest BCUT2D eigenvalue weighted by Crippen LogP contribution is -2.35. The molecule has 0 radical (unpaired) electrons.